The number of nitrogens with one attached hydrogen (secondary N) is 2. The molecule has 1 aromatic rings. The molecule has 0 unspecified atom stereocenters. The topological polar surface area (TPSA) is 66.9 Å². The number of hydrogen-bond donors (Lipinski definition) is 2. The van der Waals surface area contributed by atoms with E-state index in [0.717, 1.165) is 5.82 Å². The van der Waals surface area contributed by atoms with Crippen LogP contribution in [-0.4, -0.2) is 28.5 Å². The fourth-order valence-electron chi connectivity index (χ4n) is 1.39. The van der Waals surface area contributed by atoms with Crippen molar-refractivity contribution in [2.75, 3.05) is 11.9 Å². The van der Waals surface area contributed by atoms with Crippen molar-refractivity contribution in [2.45, 2.75) is 46.1 Å². The Labute approximate surface area is 122 Å². The summed E-state index contributed by atoms with van der Waals surface area (Å²) in [7, 11) is 0. The molecule has 2 N–H and O–H groups in total. The molecule has 0 atom stereocenters. The standard InChI is InChI=1S/C13H21BrN4O/c1-8(2)16-11(19)7-15-10-6-9(14)17-12(18-10)13(3,4)5/h6,8H,7H2,1-5H3,(H,16,19)(H,15,17,18). The van der Waals surface area contributed by atoms with Crippen LogP contribution in [0.15, 0.2) is 10.7 Å². The summed E-state index contributed by atoms with van der Waals surface area (Å²) in [6.45, 7) is 10.2. The third-order valence-electron chi connectivity index (χ3n) is 2.25. The monoisotopic (exact) mass is 328 g/mol. The van der Waals surface area contributed by atoms with Gasteiger partial charge < -0.3 is 10.6 Å². The minimum atomic E-state index is -0.138. The lowest BCUT2D eigenvalue weighted by molar-refractivity contribution is -0.119. The molecule has 1 heterocycles. The van der Waals surface area contributed by atoms with Crippen LogP contribution in [0.4, 0.5) is 5.82 Å². The third-order valence-corrected chi connectivity index (χ3v) is 2.65. The molecule has 1 amide bonds. The van der Waals surface area contributed by atoms with Gasteiger partial charge in [0.2, 0.25) is 5.91 Å². The largest absolute Gasteiger partial charge is 0.361 e. The van der Waals surface area contributed by atoms with Gasteiger partial charge in [0.05, 0.1) is 6.54 Å². The fraction of sp³-hybridized carbons (Fsp3) is 0.615. The maximum Gasteiger partial charge on any atom is 0.239 e. The van der Waals surface area contributed by atoms with E-state index in [0.29, 0.717) is 10.4 Å². The zero-order valence-electron chi connectivity index (χ0n) is 12.0. The van der Waals surface area contributed by atoms with Crippen LogP contribution in [-0.2, 0) is 10.2 Å². The van der Waals surface area contributed by atoms with Crippen molar-refractivity contribution < 1.29 is 4.79 Å². The van der Waals surface area contributed by atoms with Gasteiger partial charge in [0.1, 0.15) is 16.2 Å². The Balaban J connectivity index is 2.74. The molecule has 0 aromatic carbocycles. The van der Waals surface area contributed by atoms with Crippen LogP contribution in [0, 0.1) is 0 Å². The summed E-state index contributed by atoms with van der Waals surface area (Å²) in [5.74, 6) is 1.32. The number of anilines is 1. The smallest absolute Gasteiger partial charge is 0.239 e. The molecule has 0 aliphatic rings. The van der Waals surface area contributed by atoms with E-state index in [2.05, 4.69) is 36.5 Å². The van der Waals surface area contributed by atoms with Gasteiger partial charge in [-0.15, -0.1) is 0 Å². The van der Waals surface area contributed by atoms with Gasteiger partial charge >= 0.3 is 0 Å². The van der Waals surface area contributed by atoms with Gasteiger partial charge in [-0.25, -0.2) is 9.97 Å². The molecule has 0 aliphatic heterocycles. The van der Waals surface area contributed by atoms with Crippen molar-refractivity contribution in [1.82, 2.24) is 15.3 Å². The summed E-state index contributed by atoms with van der Waals surface area (Å²) in [5.41, 5.74) is -0.138. The summed E-state index contributed by atoms with van der Waals surface area (Å²) in [6.07, 6.45) is 0. The number of amides is 1. The first-order chi connectivity index (χ1) is 8.68. The Hall–Kier alpha value is -1.17. The van der Waals surface area contributed by atoms with Crippen molar-refractivity contribution in [3.63, 3.8) is 0 Å². The predicted molar refractivity (Wildman–Crippen MR) is 80.2 cm³/mol. The van der Waals surface area contributed by atoms with Crippen LogP contribution in [0.3, 0.4) is 0 Å². The Morgan fingerprint density at radius 1 is 1.37 bits per heavy atom. The normalized spacial score (nSPS) is 11.5. The molecule has 0 fully saturated rings. The van der Waals surface area contributed by atoms with Gasteiger partial charge in [-0.1, -0.05) is 20.8 Å². The minimum Gasteiger partial charge on any atom is -0.361 e. The second-order valence-electron chi connectivity index (χ2n) is 5.73. The predicted octanol–water partition coefficient (Wildman–Crippen LogP) is 2.47. The summed E-state index contributed by atoms with van der Waals surface area (Å²) < 4.78 is 0.708. The summed E-state index contributed by atoms with van der Waals surface area (Å²) in [4.78, 5) is 20.3. The lowest BCUT2D eigenvalue weighted by atomic mass is 9.96. The molecule has 0 saturated heterocycles. The minimum absolute atomic E-state index is 0.0537. The van der Waals surface area contributed by atoms with Crippen molar-refractivity contribution in [3.05, 3.63) is 16.5 Å². The number of aromatic nitrogens is 2. The number of nitrogens with zero attached hydrogens (tertiary/aromatic N) is 2. The first kappa shape index (κ1) is 15.9. The highest BCUT2D eigenvalue weighted by atomic mass is 79.9. The van der Waals surface area contributed by atoms with E-state index in [1.54, 1.807) is 6.07 Å². The highest BCUT2D eigenvalue weighted by Gasteiger charge is 2.18. The summed E-state index contributed by atoms with van der Waals surface area (Å²) in [6, 6.07) is 1.90. The SMILES string of the molecule is CC(C)NC(=O)CNc1cc(Br)nc(C(C)(C)C)n1. The van der Waals surface area contributed by atoms with Crippen LogP contribution >= 0.6 is 15.9 Å². The Kier molecular flexibility index (Phi) is 5.29. The average Bonchev–Trinajstić information content (AvgIpc) is 2.23. The van der Waals surface area contributed by atoms with Gasteiger partial charge in [-0.05, 0) is 29.8 Å². The van der Waals surface area contributed by atoms with Crippen molar-refractivity contribution in [1.29, 1.82) is 0 Å². The number of halogens is 1. The van der Waals surface area contributed by atoms with E-state index < -0.39 is 0 Å². The average molecular weight is 329 g/mol. The van der Waals surface area contributed by atoms with E-state index in [9.17, 15) is 4.79 Å². The molecule has 0 saturated carbocycles. The molecule has 0 aliphatic carbocycles. The number of carbonyl (C=O) groups excluding carboxylic acids is 1. The van der Waals surface area contributed by atoms with Crippen molar-refractivity contribution >= 4 is 27.7 Å². The second kappa shape index (κ2) is 6.32. The maximum absolute atomic E-state index is 11.6. The Morgan fingerprint density at radius 3 is 2.53 bits per heavy atom. The van der Waals surface area contributed by atoms with Crippen molar-refractivity contribution in [2.24, 2.45) is 0 Å². The second-order valence-corrected chi connectivity index (χ2v) is 6.54. The first-order valence-corrected chi connectivity index (χ1v) is 7.06. The van der Waals surface area contributed by atoms with E-state index in [1.807, 2.05) is 34.6 Å². The number of hydrogen-bond acceptors (Lipinski definition) is 4. The Bertz CT molecular complexity index is 454. The molecule has 0 spiro atoms. The zero-order chi connectivity index (χ0) is 14.6. The van der Waals surface area contributed by atoms with E-state index >= 15 is 0 Å². The maximum atomic E-state index is 11.6. The summed E-state index contributed by atoms with van der Waals surface area (Å²) >= 11 is 3.36. The molecule has 106 valence electrons. The molecule has 1 rings (SSSR count). The highest BCUT2D eigenvalue weighted by Crippen LogP contribution is 2.22. The molecule has 5 nitrogen and oxygen atoms in total. The van der Waals surface area contributed by atoms with E-state index in [-0.39, 0.29) is 23.9 Å². The summed E-state index contributed by atoms with van der Waals surface area (Å²) in [5, 5.41) is 5.83. The fourth-order valence-corrected chi connectivity index (χ4v) is 1.77. The van der Waals surface area contributed by atoms with E-state index in [4.69, 9.17) is 0 Å². The van der Waals surface area contributed by atoms with Crippen LogP contribution < -0.4 is 10.6 Å². The van der Waals surface area contributed by atoms with Crippen molar-refractivity contribution in [3.8, 4) is 0 Å². The van der Waals surface area contributed by atoms with Crippen LogP contribution in [0.25, 0.3) is 0 Å². The van der Waals surface area contributed by atoms with Gasteiger partial charge in [0, 0.05) is 17.5 Å². The molecule has 19 heavy (non-hydrogen) atoms. The van der Waals surface area contributed by atoms with Gasteiger partial charge in [0.15, 0.2) is 0 Å². The molecule has 0 radical (unpaired) electrons. The van der Waals surface area contributed by atoms with Gasteiger partial charge in [0.25, 0.3) is 0 Å². The number of rotatable bonds is 4. The highest BCUT2D eigenvalue weighted by molar-refractivity contribution is 9.10. The quantitative estimate of drug-likeness (QED) is 0.833. The zero-order valence-corrected chi connectivity index (χ0v) is 13.6. The lowest BCUT2D eigenvalue weighted by Crippen LogP contribution is -2.35. The number of carbonyl (C=O) groups is 1. The molecule has 1 aromatic heterocycles. The molecular formula is C13H21BrN4O. The third kappa shape index (κ3) is 5.55. The Morgan fingerprint density at radius 2 is 2.00 bits per heavy atom. The molecule has 0 bridgehead atoms. The van der Waals surface area contributed by atoms with Gasteiger partial charge in [-0.2, -0.15) is 0 Å². The first-order valence-electron chi connectivity index (χ1n) is 6.27. The molecule has 6 heteroatoms. The van der Waals surface area contributed by atoms with Crippen LogP contribution in [0.2, 0.25) is 0 Å². The molecular weight excluding hydrogens is 308 g/mol. The van der Waals surface area contributed by atoms with Crippen LogP contribution in [0.1, 0.15) is 40.4 Å². The van der Waals surface area contributed by atoms with Gasteiger partial charge in [-0.3, -0.25) is 4.79 Å². The van der Waals surface area contributed by atoms with Crippen LogP contribution in [0.5, 0.6) is 0 Å². The lowest BCUT2D eigenvalue weighted by Gasteiger charge is -2.18. The van der Waals surface area contributed by atoms with E-state index in [1.165, 1.54) is 0 Å².